The first-order valence-electron chi connectivity index (χ1n) is 10.7. The van der Waals surface area contributed by atoms with E-state index in [1.165, 1.54) is 19.6 Å². The molecule has 3 rings (SSSR count). The van der Waals surface area contributed by atoms with Crippen molar-refractivity contribution in [3.63, 3.8) is 0 Å². The maximum Gasteiger partial charge on any atom is 0.311 e. The van der Waals surface area contributed by atoms with Crippen LogP contribution in [0.1, 0.15) is 70.6 Å². The predicted octanol–water partition coefficient (Wildman–Crippen LogP) is 5.23. The molecule has 2 aliphatic carbocycles. The number of hydrogen-bond acceptors (Lipinski definition) is 5. The lowest BCUT2D eigenvalue weighted by atomic mass is 9.46. The summed E-state index contributed by atoms with van der Waals surface area (Å²) in [6.45, 7) is 10.4. The standard InChI is InChI=1S/C24H34O5/c1-16-7-10-21-23(3,12-6-13-24(21,4)22(26)27-5)19(16)9-8-18-11-14-28-20(18)15-29-17(2)25/h11,14,19,21H,1,6-10,12-13,15H2,2-5H3/t19-,21+,23-,24-/m1/s1. The molecule has 5 heteroatoms. The minimum absolute atomic E-state index is 0.0380. The molecule has 5 nitrogen and oxygen atoms in total. The van der Waals surface area contributed by atoms with Gasteiger partial charge in [-0.3, -0.25) is 9.59 Å². The lowest BCUT2D eigenvalue weighted by Crippen LogP contribution is -2.53. The van der Waals surface area contributed by atoms with Gasteiger partial charge in [0.1, 0.15) is 12.4 Å². The molecule has 0 N–H and O–H groups in total. The minimum Gasteiger partial charge on any atom is -0.469 e. The third kappa shape index (κ3) is 4.01. The van der Waals surface area contributed by atoms with Gasteiger partial charge in [-0.1, -0.05) is 25.5 Å². The fourth-order valence-electron chi connectivity index (χ4n) is 6.14. The van der Waals surface area contributed by atoms with Crippen LogP contribution in [0, 0.1) is 22.7 Å². The lowest BCUT2D eigenvalue weighted by Gasteiger charge is -2.57. The number of carbonyl (C=O) groups is 2. The number of rotatable bonds is 6. The van der Waals surface area contributed by atoms with Crippen LogP contribution in [0.25, 0.3) is 0 Å². The molecule has 29 heavy (non-hydrogen) atoms. The van der Waals surface area contributed by atoms with Gasteiger partial charge in [-0.25, -0.2) is 0 Å². The van der Waals surface area contributed by atoms with Gasteiger partial charge in [-0.05, 0) is 74.3 Å². The lowest BCUT2D eigenvalue weighted by molar-refractivity contribution is -0.168. The molecule has 0 spiro atoms. The first kappa shape index (κ1) is 21.7. The van der Waals surface area contributed by atoms with Crippen LogP contribution in [-0.2, 0) is 32.1 Å². The summed E-state index contributed by atoms with van der Waals surface area (Å²) in [4.78, 5) is 23.8. The van der Waals surface area contributed by atoms with Crippen molar-refractivity contribution in [2.75, 3.05) is 7.11 Å². The van der Waals surface area contributed by atoms with E-state index in [2.05, 4.69) is 20.4 Å². The second-order valence-corrected chi connectivity index (χ2v) is 9.26. The van der Waals surface area contributed by atoms with Gasteiger partial charge in [-0.2, -0.15) is 0 Å². The van der Waals surface area contributed by atoms with Gasteiger partial charge in [0.25, 0.3) is 0 Å². The van der Waals surface area contributed by atoms with Gasteiger partial charge in [0.05, 0.1) is 18.8 Å². The third-order valence-corrected chi connectivity index (χ3v) is 7.62. The zero-order chi connectivity index (χ0) is 21.2. The van der Waals surface area contributed by atoms with Crippen LogP contribution in [0.4, 0.5) is 0 Å². The van der Waals surface area contributed by atoms with Crippen LogP contribution in [-0.4, -0.2) is 19.0 Å². The normalized spacial score (nSPS) is 31.8. The summed E-state index contributed by atoms with van der Waals surface area (Å²) in [7, 11) is 1.50. The Bertz CT molecular complexity index is 778. The fourth-order valence-corrected chi connectivity index (χ4v) is 6.14. The number of ether oxygens (including phenoxy) is 2. The van der Waals surface area contributed by atoms with Crippen molar-refractivity contribution < 1.29 is 23.5 Å². The van der Waals surface area contributed by atoms with Crippen LogP contribution < -0.4 is 0 Å². The summed E-state index contributed by atoms with van der Waals surface area (Å²) in [5.74, 6) is 0.982. The second-order valence-electron chi connectivity index (χ2n) is 9.26. The Morgan fingerprint density at radius 1 is 1.31 bits per heavy atom. The molecule has 0 amide bonds. The van der Waals surface area contributed by atoms with E-state index < -0.39 is 5.41 Å². The number of methoxy groups -OCH3 is 1. The van der Waals surface area contributed by atoms with E-state index in [9.17, 15) is 9.59 Å². The van der Waals surface area contributed by atoms with Gasteiger partial charge >= 0.3 is 11.9 Å². The Morgan fingerprint density at radius 3 is 2.76 bits per heavy atom. The van der Waals surface area contributed by atoms with Gasteiger partial charge in [0.15, 0.2) is 0 Å². The topological polar surface area (TPSA) is 65.7 Å². The number of furan rings is 1. The van der Waals surface area contributed by atoms with Crippen LogP contribution >= 0.6 is 0 Å². The largest absolute Gasteiger partial charge is 0.469 e. The maximum atomic E-state index is 12.7. The summed E-state index contributed by atoms with van der Waals surface area (Å²) < 4.78 is 15.9. The van der Waals surface area contributed by atoms with Crippen molar-refractivity contribution in [1.82, 2.24) is 0 Å². The Hall–Kier alpha value is -2.04. The number of esters is 2. The Morgan fingerprint density at radius 2 is 2.07 bits per heavy atom. The van der Waals surface area contributed by atoms with E-state index in [-0.39, 0.29) is 24.0 Å². The molecule has 0 saturated heterocycles. The summed E-state index contributed by atoms with van der Waals surface area (Å²) >= 11 is 0. The van der Waals surface area contributed by atoms with Crippen molar-refractivity contribution in [1.29, 1.82) is 0 Å². The van der Waals surface area contributed by atoms with Crippen molar-refractivity contribution >= 4 is 11.9 Å². The van der Waals surface area contributed by atoms with Crippen LogP contribution in [0.15, 0.2) is 28.9 Å². The number of allylic oxidation sites excluding steroid dienone is 1. The molecular formula is C24H34O5. The molecule has 1 heterocycles. The quantitative estimate of drug-likeness (QED) is 0.482. The highest BCUT2D eigenvalue weighted by atomic mass is 16.5. The van der Waals surface area contributed by atoms with Gasteiger partial charge in [-0.15, -0.1) is 0 Å². The van der Waals surface area contributed by atoms with Crippen LogP contribution in [0.2, 0.25) is 0 Å². The molecule has 2 saturated carbocycles. The fraction of sp³-hybridized carbons (Fsp3) is 0.667. The van der Waals surface area contributed by atoms with Crippen molar-refractivity contribution in [2.24, 2.45) is 22.7 Å². The summed E-state index contributed by atoms with van der Waals surface area (Å²) in [6.07, 6.45) is 8.45. The SMILES string of the molecule is C=C1CC[C@H]2[C@](C)(CCC[C@@]2(C)C(=O)OC)[C@@H]1CCc1ccoc1COC(C)=O. The molecule has 0 unspecified atom stereocenters. The van der Waals surface area contributed by atoms with E-state index in [4.69, 9.17) is 13.9 Å². The molecule has 2 fully saturated rings. The molecule has 0 aliphatic heterocycles. The van der Waals surface area contributed by atoms with Crippen molar-refractivity contribution in [2.45, 2.75) is 72.3 Å². The molecule has 4 atom stereocenters. The van der Waals surface area contributed by atoms with Crippen LogP contribution in [0.3, 0.4) is 0 Å². The highest BCUT2D eigenvalue weighted by Crippen LogP contribution is 2.62. The van der Waals surface area contributed by atoms with Gasteiger partial charge in [0.2, 0.25) is 0 Å². The van der Waals surface area contributed by atoms with Gasteiger partial charge in [0, 0.05) is 6.92 Å². The van der Waals surface area contributed by atoms with E-state index in [0.717, 1.165) is 50.5 Å². The van der Waals surface area contributed by atoms with E-state index in [1.807, 2.05) is 6.07 Å². The Kier molecular flexibility index (Phi) is 6.25. The highest BCUT2D eigenvalue weighted by molar-refractivity contribution is 5.77. The zero-order valence-corrected chi connectivity index (χ0v) is 18.2. The monoisotopic (exact) mass is 402 g/mol. The number of carbonyl (C=O) groups excluding carboxylic acids is 2. The van der Waals surface area contributed by atoms with E-state index >= 15 is 0 Å². The zero-order valence-electron chi connectivity index (χ0n) is 18.2. The smallest absolute Gasteiger partial charge is 0.311 e. The molecule has 1 aromatic heterocycles. The molecular weight excluding hydrogens is 368 g/mol. The maximum absolute atomic E-state index is 12.7. The van der Waals surface area contributed by atoms with E-state index in [1.54, 1.807) is 6.26 Å². The molecule has 1 aromatic rings. The van der Waals surface area contributed by atoms with Crippen LogP contribution in [0.5, 0.6) is 0 Å². The molecule has 2 aliphatic rings. The first-order chi connectivity index (χ1) is 13.7. The van der Waals surface area contributed by atoms with Gasteiger partial charge < -0.3 is 13.9 Å². The predicted molar refractivity (Wildman–Crippen MR) is 110 cm³/mol. The molecule has 0 radical (unpaired) electrons. The van der Waals surface area contributed by atoms with E-state index in [0.29, 0.717) is 17.6 Å². The summed E-state index contributed by atoms with van der Waals surface area (Å²) in [5.41, 5.74) is 1.99. The number of hydrogen-bond donors (Lipinski definition) is 0. The van der Waals surface area contributed by atoms with Crippen molar-refractivity contribution in [3.05, 3.63) is 35.8 Å². The second kappa shape index (κ2) is 8.37. The first-order valence-corrected chi connectivity index (χ1v) is 10.7. The molecule has 0 aromatic carbocycles. The molecule has 0 bridgehead atoms. The number of aryl methyl sites for hydroxylation is 1. The Balaban J connectivity index is 1.79. The minimum atomic E-state index is -0.420. The van der Waals surface area contributed by atoms with Crippen molar-refractivity contribution in [3.8, 4) is 0 Å². The Labute approximate surface area is 173 Å². The summed E-state index contributed by atoms with van der Waals surface area (Å²) in [6, 6.07) is 1.96. The highest BCUT2D eigenvalue weighted by Gasteiger charge is 2.57. The summed E-state index contributed by atoms with van der Waals surface area (Å²) in [5, 5.41) is 0. The third-order valence-electron chi connectivity index (χ3n) is 7.62. The average molecular weight is 403 g/mol. The number of fused-ring (bicyclic) bond motifs is 1. The molecule has 160 valence electrons. The average Bonchev–Trinajstić information content (AvgIpc) is 3.12.